The fraction of sp³-hybridized carbons (Fsp3) is 0.444. The van der Waals surface area contributed by atoms with Crippen LogP contribution in [0.15, 0.2) is 29.6 Å². The topological polar surface area (TPSA) is 33.2 Å². The Morgan fingerprint density at radius 1 is 1.39 bits per heavy atom. The molecule has 0 radical (unpaired) electrons. The molecular weight excluding hydrogens is 328 g/mol. The van der Waals surface area contributed by atoms with Crippen molar-refractivity contribution in [1.29, 1.82) is 0 Å². The van der Waals surface area contributed by atoms with Crippen molar-refractivity contribution >= 4 is 28.8 Å². The van der Waals surface area contributed by atoms with Crippen molar-refractivity contribution in [2.24, 2.45) is 5.92 Å². The van der Waals surface area contributed by atoms with Crippen molar-refractivity contribution in [2.75, 3.05) is 13.1 Å². The van der Waals surface area contributed by atoms with Crippen LogP contribution in [0, 0.1) is 12.8 Å². The molecule has 3 nitrogen and oxygen atoms in total. The molecule has 0 bridgehead atoms. The normalized spacial score (nSPS) is 17.7. The van der Waals surface area contributed by atoms with Crippen LogP contribution in [-0.2, 0) is 17.6 Å². The highest BCUT2D eigenvalue weighted by Gasteiger charge is 2.26. The summed E-state index contributed by atoms with van der Waals surface area (Å²) in [5.74, 6) is 0.816. The van der Waals surface area contributed by atoms with Crippen molar-refractivity contribution in [1.82, 2.24) is 9.88 Å². The lowest BCUT2D eigenvalue weighted by Gasteiger charge is -2.16. The van der Waals surface area contributed by atoms with Gasteiger partial charge in [-0.15, -0.1) is 11.3 Å². The van der Waals surface area contributed by atoms with Gasteiger partial charge in [-0.1, -0.05) is 23.7 Å². The maximum atomic E-state index is 12.4. The summed E-state index contributed by atoms with van der Waals surface area (Å²) in [6, 6.07) is 8.03. The Labute approximate surface area is 146 Å². The van der Waals surface area contributed by atoms with Gasteiger partial charge in [-0.2, -0.15) is 0 Å². The molecule has 1 aromatic carbocycles. The van der Waals surface area contributed by atoms with Crippen LogP contribution >= 0.6 is 22.9 Å². The first-order chi connectivity index (χ1) is 11.1. The summed E-state index contributed by atoms with van der Waals surface area (Å²) in [7, 11) is 0. The van der Waals surface area contributed by atoms with Crippen LogP contribution in [0.5, 0.6) is 0 Å². The molecule has 0 aliphatic carbocycles. The Hall–Kier alpha value is -1.39. The van der Waals surface area contributed by atoms with Crippen molar-refractivity contribution in [3.63, 3.8) is 0 Å². The quantitative estimate of drug-likeness (QED) is 0.814. The Morgan fingerprint density at radius 2 is 2.17 bits per heavy atom. The summed E-state index contributed by atoms with van der Waals surface area (Å²) in [5, 5.41) is 3.89. The third-order valence-corrected chi connectivity index (χ3v) is 5.41. The Morgan fingerprint density at radius 3 is 2.87 bits per heavy atom. The van der Waals surface area contributed by atoms with E-state index in [1.807, 2.05) is 24.0 Å². The van der Waals surface area contributed by atoms with Crippen molar-refractivity contribution in [3.05, 3.63) is 50.9 Å². The molecule has 2 heterocycles. The highest BCUT2D eigenvalue weighted by molar-refractivity contribution is 7.09. The number of likely N-dealkylation sites (tertiary alicyclic amines) is 1. The molecule has 23 heavy (non-hydrogen) atoms. The van der Waals surface area contributed by atoms with Gasteiger partial charge in [0, 0.05) is 29.9 Å². The number of carbonyl (C=O) groups excluding carboxylic acids is 1. The van der Waals surface area contributed by atoms with Gasteiger partial charge in [0.25, 0.3) is 0 Å². The van der Waals surface area contributed by atoms with E-state index in [-0.39, 0.29) is 5.91 Å². The van der Waals surface area contributed by atoms with Gasteiger partial charge in [0.15, 0.2) is 0 Å². The lowest BCUT2D eigenvalue weighted by Crippen LogP contribution is -2.29. The Kier molecular flexibility index (Phi) is 5.34. The number of halogens is 1. The summed E-state index contributed by atoms with van der Waals surface area (Å²) in [5.41, 5.74) is 2.34. The van der Waals surface area contributed by atoms with Gasteiger partial charge in [-0.3, -0.25) is 4.79 Å². The van der Waals surface area contributed by atoms with Crippen LogP contribution in [0.2, 0.25) is 5.02 Å². The van der Waals surface area contributed by atoms with Crippen LogP contribution < -0.4 is 0 Å². The largest absolute Gasteiger partial charge is 0.342 e. The molecule has 1 amide bonds. The summed E-state index contributed by atoms with van der Waals surface area (Å²) in [6.07, 6.45) is 3.43. The van der Waals surface area contributed by atoms with Crippen LogP contribution in [0.1, 0.15) is 29.1 Å². The van der Waals surface area contributed by atoms with Gasteiger partial charge in [0.1, 0.15) is 0 Å². The average Bonchev–Trinajstić information content (AvgIpc) is 3.16. The number of thiazole rings is 1. The van der Waals surface area contributed by atoms with Crippen LogP contribution in [0.4, 0.5) is 0 Å². The minimum absolute atomic E-state index is 0.259. The van der Waals surface area contributed by atoms with Gasteiger partial charge in [-0.25, -0.2) is 4.98 Å². The van der Waals surface area contributed by atoms with E-state index < -0.39 is 0 Å². The number of carbonyl (C=O) groups is 1. The molecule has 1 aliphatic rings. The molecule has 1 aliphatic heterocycles. The minimum atomic E-state index is 0.259. The molecular formula is C18H21ClN2OS. The number of nitrogens with zero attached hydrogens (tertiary/aromatic N) is 2. The van der Waals surface area contributed by atoms with Gasteiger partial charge in [-0.05, 0) is 49.8 Å². The van der Waals surface area contributed by atoms with Gasteiger partial charge < -0.3 is 4.90 Å². The van der Waals surface area contributed by atoms with Gasteiger partial charge >= 0.3 is 0 Å². The van der Waals surface area contributed by atoms with Crippen molar-refractivity contribution < 1.29 is 4.79 Å². The van der Waals surface area contributed by atoms with Gasteiger partial charge in [0.2, 0.25) is 5.91 Å². The molecule has 1 aromatic heterocycles. The number of rotatable bonds is 5. The molecule has 5 heteroatoms. The summed E-state index contributed by atoms with van der Waals surface area (Å²) >= 11 is 7.57. The zero-order valence-electron chi connectivity index (χ0n) is 13.3. The number of aryl methyl sites for hydroxylation is 2. The van der Waals surface area contributed by atoms with E-state index in [1.165, 1.54) is 5.56 Å². The fourth-order valence-corrected chi connectivity index (χ4v) is 3.87. The van der Waals surface area contributed by atoms with E-state index in [0.717, 1.165) is 48.1 Å². The van der Waals surface area contributed by atoms with E-state index in [0.29, 0.717) is 12.3 Å². The van der Waals surface area contributed by atoms with E-state index in [1.54, 1.807) is 11.3 Å². The molecule has 0 spiro atoms. The van der Waals surface area contributed by atoms with Crippen LogP contribution in [-0.4, -0.2) is 28.9 Å². The first-order valence-electron chi connectivity index (χ1n) is 8.03. The zero-order chi connectivity index (χ0) is 16.2. The lowest BCUT2D eigenvalue weighted by atomic mass is 9.99. The summed E-state index contributed by atoms with van der Waals surface area (Å²) < 4.78 is 0. The number of aromatic nitrogens is 1. The number of amides is 1. The molecule has 2 aromatic rings. The molecule has 0 N–H and O–H groups in total. The predicted molar refractivity (Wildman–Crippen MR) is 95.0 cm³/mol. The van der Waals surface area contributed by atoms with Crippen LogP contribution in [0.25, 0.3) is 0 Å². The Balaban J connectivity index is 1.46. The summed E-state index contributed by atoms with van der Waals surface area (Å²) in [6.45, 7) is 3.75. The lowest BCUT2D eigenvalue weighted by molar-refractivity contribution is -0.130. The van der Waals surface area contributed by atoms with E-state index in [4.69, 9.17) is 11.6 Å². The van der Waals surface area contributed by atoms with E-state index >= 15 is 0 Å². The smallest absolute Gasteiger partial charge is 0.222 e. The first-order valence-corrected chi connectivity index (χ1v) is 9.29. The molecule has 3 rings (SSSR count). The van der Waals surface area contributed by atoms with Gasteiger partial charge in [0.05, 0.1) is 10.7 Å². The second-order valence-electron chi connectivity index (χ2n) is 6.18. The predicted octanol–water partition coefficient (Wildman–Crippen LogP) is 4.13. The highest BCUT2D eigenvalue weighted by atomic mass is 35.5. The minimum Gasteiger partial charge on any atom is -0.342 e. The van der Waals surface area contributed by atoms with Crippen LogP contribution in [0.3, 0.4) is 0 Å². The third-order valence-electron chi connectivity index (χ3n) is 4.34. The third kappa shape index (κ3) is 4.55. The SMILES string of the molecule is Cc1nc(CCC(=O)N2CCC(Cc3ccc(Cl)cc3)C2)cs1. The monoisotopic (exact) mass is 348 g/mol. The van der Waals surface area contributed by atoms with Crippen molar-refractivity contribution in [3.8, 4) is 0 Å². The molecule has 1 fully saturated rings. The molecule has 0 saturated carbocycles. The molecule has 1 unspecified atom stereocenters. The highest BCUT2D eigenvalue weighted by Crippen LogP contribution is 2.22. The number of hydrogen-bond acceptors (Lipinski definition) is 3. The molecule has 1 atom stereocenters. The standard InChI is InChI=1S/C18H21ClN2OS/c1-13-20-17(12-23-13)6-7-18(22)21-9-8-15(11-21)10-14-2-4-16(19)5-3-14/h2-5,12,15H,6-11H2,1H3. The molecule has 1 saturated heterocycles. The summed E-state index contributed by atoms with van der Waals surface area (Å²) in [4.78, 5) is 18.8. The fourth-order valence-electron chi connectivity index (χ4n) is 3.10. The second kappa shape index (κ2) is 7.45. The second-order valence-corrected chi connectivity index (χ2v) is 7.68. The average molecular weight is 349 g/mol. The van der Waals surface area contributed by atoms with Crippen molar-refractivity contribution in [2.45, 2.75) is 32.6 Å². The van der Waals surface area contributed by atoms with E-state index in [2.05, 4.69) is 22.5 Å². The number of hydrogen-bond donors (Lipinski definition) is 0. The molecule has 122 valence electrons. The maximum Gasteiger partial charge on any atom is 0.222 e. The number of benzene rings is 1. The first kappa shape index (κ1) is 16.5. The van der Waals surface area contributed by atoms with E-state index in [9.17, 15) is 4.79 Å². The zero-order valence-corrected chi connectivity index (χ0v) is 14.9. The Bertz CT molecular complexity index is 668. The maximum absolute atomic E-state index is 12.4.